The Bertz CT molecular complexity index is 1150. The SMILES string of the molecule is CC(C)Oc1ccc([C@H]2CC(=O)C3=C(C2)Nc2ccccc2N[C@H]3c2ccccn2)cc1. The average Bonchev–Trinajstić information content (AvgIpc) is 2.96. The van der Waals surface area contributed by atoms with Crippen LogP contribution in [0.5, 0.6) is 5.75 Å². The van der Waals surface area contributed by atoms with Crippen LogP contribution in [-0.4, -0.2) is 16.9 Å². The summed E-state index contributed by atoms with van der Waals surface area (Å²) in [5, 5.41) is 7.14. The van der Waals surface area contributed by atoms with Gasteiger partial charge in [0.25, 0.3) is 0 Å². The molecule has 2 N–H and O–H groups in total. The molecule has 162 valence electrons. The molecular formula is C27H27N3O2. The van der Waals surface area contributed by atoms with Crippen molar-refractivity contribution < 1.29 is 9.53 Å². The van der Waals surface area contributed by atoms with Gasteiger partial charge in [-0.3, -0.25) is 9.78 Å². The van der Waals surface area contributed by atoms with E-state index in [1.54, 1.807) is 6.20 Å². The lowest BCUT2D eigenvalue weighted by Gasteiger charge is -2.29. The van der Waals surface area contributed by atoms with E-state index in [0.717, 1.165) is 46.1 Å². The number of ketones is 1. The van der Waals surface area contributed by atoms with E-state index in [0.29, 0.717) is 6.42 Å². The first-order valence-corrected chi connectivity index (χ1v) is 11.1. The second-order valence-electron chi connectivity index (χ2n) is 8.66. The number of Topliss-reactive ketones (excluding diaryl/α,β-unsaturated/α-hetero) is 1. The molecule has 1 aromatic heterocycles. The number of anilines is 2. The summed E-state index contributed by atoms with van der Waals surface area (Å²) in [6, 6.07) is 21.8. The van der Waals surface area contributed by atoms with E-state index >= 15 is 0 Å². The lowest BCUT2D eigenvalue weighted by molar-refractivity contribution is -0.116. The van der Waals surface area contributed by atoms with Gasteiger partial charge in [0.2, 0.25) is 0 Å². The number of fused-ring (bicyclic) bond motifs is 1. The zero-order valence-electron chi connectivity index (χ0n) is 18.3. The van der Waals surface area contributed by atoms with Gasteiger partial charge in [-0.2, -0.15) is 0 Å². The molecule has 0 fully saturated rings. The monoisotopic (exact) mass is 425 g/mol. The minimum atomic E-state index is -0.280. The van der Waals surface area contributed by atoms with Crippen molar-refractivity contribution in [3.8, 4) is 5.75 Å². The van der Waals surface area contributed by atoms with Crippen molar-refractivity contribution in [2.75, 3.05) is 10.6 Å². The fraction of sp³-hybridized carbons (Fsp3) is 0.259. The third-order valence-corrected chi connectivity index (χ3v) is 6.02. The number of nitrogens with zero attached hydrogens (tertiary/aromatic N) is 1. The second kappa shape index (κ2) is 8.50. The Labute approximate surface area is 188 Å². The number of pyridine rings is 1. The number of nitrogens with one attached hydrogen (secondary N) is 2. The van der Waals surface area contributed by atoms with Gasteiger partial charge in [0.15, 0.2) is 5.78 Å². The minimum Gasteiger partial charge on any atom is -0.491 e. The third-order valence-electron chi connectivity index (χ3n) is 6.02. The predicted octanol–water partition coefficient (Wildman–Crippen LogP) is 5.85. The molecule has 2 atom stereocenters. The summed E-state index contributed by atoms with van der Waals surface area (Å²) in [6.07, 6.45) is 3.16. The number of benzene rings is 2. The van der Waals surface area contributed by atoms with Crippen LogP contribution in [0.25, 0.3) is 0 Å². The number of carbonyl (C=O) groups excluding carboxylic acids is 1. The summed E-state index contributed by atoms with van der Waals surface area (Å²) in [4.78, 5) is 18.1. The first-order chi connectivity index (χ1) is 15.6. The number of aromatic nitrogens is 1. The smallest absolute Gasteiger partial charge is 0.163 e. The van der Waals surface area contributed by atoms with Crippen LogP contribution in [0, 0.1) is 0 Å². The molecule has 2 aromatic carbocycles. The number of carbonyl (C=O) groups is 1. The molecule has 1 aliphatic carbocycles. The van der Waals surface area contributed by atoms with Gasteiger partial charge in [-0.1, -0.05) is 30.3 Å². The standard InChI is InChI=1S/C27H27N3O2/c1-17(2)32-20-12-10-18(11-13-20)19-15-24-26(25(31)16-19)27(23-9-5-6-14-28-23)30-22-8-4-3-7-21(22)29-24/h3-14,17,19,27,29-30H,15-16H2,1-2H3/t19-,27+/m1/s1. The van der Waals surface area contributed by atoms with Crippen LogP contribution in [0.4, 0.5) is 11.4 Å². The molecule has 0 spiro atoms. The van der Waals surface area contributed by atoms with Gasteiger partial charge in [-0.25, -0.2) is 0 Å². The number of allylic oxidation sites excluding steroid dienone is 1. The molecule has 1 aliphatic heterocycles. The molecule has 5 heteroatoms. The molecule has 0 saturated heterocycles. The number of rotatable bonds is 4. The van der Waals surface area contributed by atoms with Gasteiger partial charge >= 0.3 is 0 Å². The largest absolute Gasteiger partial charge is 0.491 e. The molecule has 0 saturated carbocycles. The Kier molecular flexibility index (Phi) is 5.39. The van der Waals surface area contributed by atoms with E-state index in [4.69, 9.17) is 4.74 Å². The highest BCUT2D eigenvalue weighted by Gasteiger charge is 2.36. The molecule has 32 heavy (non-hydrogen) atoms. The normalized spacial score (nSPS) is 20.0. The highest BCUT2D eigenvalue weighted by atomic mass is 16.5. The van der Waals surface area contributed by atoms with Crippen molar-refractivity contribution in [3.05, 3.63) is 95.5 Å². The van der Waals surface area contributed by atoms with E-state index < -0.39 is 0 Å². The summed E-state index contributed by atoms with van der Waals surface area (Å²) in [6.45, 7) is 4.03. The van der Waals surface area contributed by atoms with Gasteiger partial charge in [-0.15, -0.1) is 0 Å². The maximum Gasteiger partial charge on any atom is 0.163 e. The van der Waals surface area contributed by atoms with Crippen molar-refractivity contribution in [1.29, 1.82) is 0 Å². The Morgan fingerprint density at radius 1 is 0.938 bits per heavy atom. The highest BCUT2D eigenvalue weighted by Crippen LogP contribution is 2.43. The van der Waals surface area contributed by atoms with E-state index in [1.807, 2.05) is 68.4 Å². The summed E-state index contributed by atoms with van der Waals surface area (Å²) >= 11 is 0. The van der Waals surface area contributed by atoms with Crippen molar-refractivity contribution in [2.24, 2.45) is 0 Å². The molecule has 0 bridgehead atoms. The first kappa shape index (κ1) is 20.3. The number of ether oxygens (including phenoxy) is 1. The van der Waals surface area contributed by atoms with Crippen LogP contribution < -0.4 is 15.4 Å². The lowest BCUT2D eigenvalue weighted by Crippen LogP contribution is -2.27. The predicted molar refractivity (Wildman–Crippen MR) is 127 cm³/mol. The second-order valence-corrected chi connectivity index (χ2v) is 8.66. The molecular weight excluding hydrogens is 398 g/mol. The number of hydrogen-bond acceptors (Lipinski definition) is 5. The maximum absolute atomic E-state index is 13.5. The van der Waals surface area contributed by atoms with Gasteiger partial charge in [0.05, 0.1) is 29.2 Å². The van der Waals surface area contributed by atoms with E-state index in [9.17, 15) is 4.79 Å². The van der Waals surface area contributed by atoms with Crippen LogP contribution in [0.15, 0.2) is 84.2 Å². The molecule has 0 radical (unpaired) electrons. The van der Waals surface area contributed by atoms with Crippen LogP contribution >= 0.6 is 0 Å². The Morgan fingerprint density at radius 3 is 2.41 bits per heavy atom. The van der Waals surface area contributed by atoms with Gasteiger partial charge < -0.3 is 15.4 Å². The minimum absolute atomic E-state index is 0.122. The first-order valence-electron chi connectivity index (χ1n) is 11.1. The molecule has 2 aliphatic rings. The quantitative estimate of drug-likeness (QED) is 0.549. The topological polar surface area (TPSA) is 63.2 Å². The lowest BCUT2D eigenvalue weighted by atomic mass is 9.79. The molecule has 0 amide bonds. The fourth-order valence-corrected chi connectivity index (χ4v) is 4.59. The number of hydrogen-bond donors (Lipinski definition) is 2. The maximum atomic E-state index is 13.5. The molecule has 3 aromatic rings. The third kappa shape index (κ3) is 3.98. The Hall–Kier alpha value is -3.60. The Balaban J connectivity index is 1.51. The van der Waals surface area contributed by atoms with Gasteiger partial charge in [0, 0.05) is 23.9 Å². The van der Waals surface area contributed by atoms with E-state index in [-0.39, 0.29) is 23.8 Å². The van der Waals surface area contributed by atoms with Gasteiger partial charge in [0.1, 0.15) is 5.75 Å². The molecule has 5 nitrogen and oxygen atoms in total. The van der Waals surface area contributed by atoms with Crippen LogP contribution in [0.1, 0.15) is 49.9 Å². The van der Waals surface area contributed by atoms with Crippen molar-refractivity contribution in [1.82, 2.24) is 4.98 Å². The fourth-order valence-electron chi connectivity index (χ4n) is 4.59. The van der Waals surface area contributed by atoms with Crippen molar-refractivity contribution in [3.63, 3.8) is 0 Å². The highest BCUT2D eigenvalue weighted by molar-refractivity contribution is 6.01. The number of para-hydroxylation sites is 2. The molecule has 5 rings (SSSR count). The summed E-state index contributed by atoms with van der Waals surface area (Å²) in [5.41, 5.74) is 5.71. The summed E-state index contributed by atoms with van der Waals surface area (Å²) < 4.78 is 5.78. The Morgan fingerprint density at radius 2 is 1.69 bits per heavy atom. The summed E-state index contributed by atoms with van der Waals surface area (Å²) in [7, 11) is 0. The van der Waals surface area contributed by atoms with Gasteiger partial charge in [-0.05, 0) is 68.1 Å². The average molecular weight is 426 g/mol. The van der Waals surface area contributed by atoms with Crippen LogP contribution in [0.2, 0.25) is 0 Å². The summed E-state index contributed by atoms with van der Waals surface area (Å²) in [5.74, 6) is 1.13. The zero-order valence-corrected chi connectivity index (χ0v) is 18.3. The van der Waals surface area contributed by atoms with Crippen LogP contribution in [0.3, 0.4) is 0 Å². The molecule has 2 heterocycles. The van der Waals surface area contributed by atoms with E-state index in [2.05, 4.69) is 27.8 Å². The van der Waals surface area contributed by atoms with E-state index in [1.165, 1.54) is 0 Å². The zero-order chi connectivity index (χ0) is 22.1. The van der Waals surface area contributed by atoms with Crippen molar-refractivity contribution in [2.45, 2.75) is 44.8 Å². The molecule has 0 unspecified atom stereocenters. The van der Waals surface area contributed by atoms with Crippen molar-refractivity contribution >= 4 is 17.2 Å². The van der Waals surface area contributed by atoms with Crippen LogP contribution in [-0.2, 0) is 4.79 Å².